The topological polar surface area (TPSA) is 86.7 Å². The summed E-state index contributed by atoms with van der Waals surface area (Å²) in [6.45, 7) is 7.52. The van der Waals surface area contributed by atoms with Crippen molar-refractivity contribution in [3.8, 4) is 0 Å². The number of carbonyl (C=O) groups excluding carboxylic acids is 4. The number of rotatable bonds is 2. The Balaban J connectivity index is 1.99. The first-order valence-electron chi connectivity index (χ1n) is 7.87. The van der Waals surface area contributed by atoms with Crippen LogP contribution in [0.15, 0.2) is 23.7 Å². The van der Waals surface area contributed by atoms with E-state index < -0.39 is 11.9 Å². The van der Waals surface area contributed by atoms with E-state index in [1.807, 2.05) is 27.7 Å². The zero-order chi connectivity index (χ0) is 18.1. The molecule has 0 fully saturated rings. The monoisotopic (exact) mass is 334 g/mol. The molecular weight excluding hydrogens is 312 g/mol. The standard InChI is InChI=1S/C18H22O6/c1-17(2)7-11(19)5-13(9-17)23-15(21)16(22)24-14-6-12(20)8-18(3,4)10-14/h5-6H,7-10H2,1-4H3. The molecule has 0 aromatic carbocycles. The van der Waals surface area contributed by atoms with Gasteiger partial charge in [-0.25, -0.2) is 9.59 Å². The Morgan fingerprint density at radius 3 is 1.38 bits per heavy atom. The summed E-state index contributed by atoms with van der Waals surface area (Å²) in [4.78, 5) is 47.0. The van der Waals surface area contributed by atoms with E-state index in [9.17, 15) is 19.2 Å². The van der Waals surface area contributed by atoms with Crippen LogP contribution in [0.4, 0.5) is 0 Å². The van der Waals surface area contributed by atoms with E-state index in [-0.39, 0.29) is 33.9 Å². The predicted molar refractivity (Wildman–Crippen MR) is 84.4 cm³/mol. The molecule has 2 aliphatic carbocycles. The van der Waals surface area contributed by atoms with Gasteiger partial charge < -0.3 is 9.47 Å². The molecule has 0 saturated heterocycles. The molecule has 0 bridgehead atoms. The minimum Gasteiger partial charge on any atom is -0.422 e. The van der Waals surface area contributed by atoms with Gasteiger partial charge in [0.15, 0.2) is 11.6 Å². The lowest BCUT2D eigenvalue weighted by atomic mass is 9.79. The molecule has 0 aromatic heterocycles. The molecule has 24 heavy (non-hydrogen) atoms. The van der Waals surface area contributed by atoms with Crippen LogP contribution in [0.25, 0.3) is 0 Å². The van der Waals surface area contributed by atoms with Crippen molar-refractivity contribution in [3.05, 3.63) is 23.7 Å². The van der Waals surface area contributed by atoms with E-state index >= 15 is 0 Å². The highest BCUT2D eigenvalue weighted by molar-refractivity contribution is 6.30. The Labute approximate surface area is 140 Å². The van der Waals surface area contributed by atoms with E-state index in [1.54, 1.807) is 0 Å². The summed E-state index contributed by atoms with van der Waals surface area (Å²) in [5, 5.41) is 0. The van der Waals surface area contributed by atoms with Crippen LogP contribution in [-0.2, 0) is 28.7 Å². The highest BCUT2D eigenvalue weighted by Gasteiger charge is 2.33. The average molecular weight is 334 g/mol. The van der Waals surface area contributed by atoms with Crippen molar-refractivity contribution in [2.24, 2.45) is 10.8 Å². The number of hydrogen-bond acceptors (Lipinski definition) is 6. The average Bonchev–Trinajstić information content (AvgIpc) is 2.32. The number of carbonyl (C=O) groups is 4. The van der Waals surface area contributed by atoms with Gasteiger partial charge >= 0.3 is 11.9 Å². The van der Waals surface area contributed by atoms with Crippen molar-refractivity contribution in [3.63, 3.8) is 0 Å². The van der Waals surface area contributed by atoms with Gasteiger partial charge in [0.1, 0.15) is 11.5 Å². The van der Waals surface area contributed by atoms with Crippen LogP contribution in [0.1, 0.15) is 53.4 Å². The summed E-state index contributed by atoms with van der Waals surface area (Å²) < 4.78 is 9.99. The third kappa shape index (κ3) is 4.88. The van der Waals surface area contributed by atoms with Crippen molar-refractivity contribution < 1.29 is 28.7 Å². The van der Waals surface area contributed by atoms with Gasteiger partial charge in [0.2, 0.25) is 0 Å². The molecule has 2 rings (SSSR count). The predicted octanol–water partition coefficient (Wildman–Crippen LogP) is 2.62. The molecule has 2 aliphatic rings. The lowest BCUT2D eigenvalue weighted by Crippen LogP contribution is -2.28. The smallest absolute Gasteiger partial charge is 0.422 e. The van der Waals surface area contributed by atoms with Crippen molar-refractivity contribution in [2.75, 3.05) is 0 Å². The van der Waals surface area contributed by atoms with Crippen molar-refractivity contribution in [2.45, 2.75) is 53.4 Å². The maximum atomic E-state index is 11.9. The van der Waals surface area contributed by atoms with Gasteiger partial charge in [0.25, 0.3) is 0 Å². The van der Waals surface area contributed by atoms with E-state index in [2.05, 4.69) is 0 Å². The molecule has 0 radical (unpaired) electrons. The zero-order valence-corrected chi connectivity index (χ0v) is 14.4. The maximum Gasteiger partial charge on any atom is 0.422 e. The number of allylic oxidation sites excluding steroid dienone is 4. The SMILES string of the molecule is CC1(C)CC(=O)C=C(OC(=O)C(=O)OC2=CC(=O)CC(C)(C)C2)C1. The van der Waals surface area contributed by atoms with Crippen LogP contribution in [-0.4, -0.2) is 23.5 Å². The molecule has 0 N–H and O–H groups in total. The summed E-state index contributed by atoms with van der Waals surface area (Å²) in [7, 11) is 0. The van der Waals surface area contributed by atoms with Crippen molar-refractivity contribution >= 4 is 23.5 Å². The molecule has 0 heterocycles. The quantitative estimate of drug-likeness (QED) is 0.570. The number of ether oxygens (including phenoxy) is 2. The molecule has 0 unspecified atom stereocenters. The van der Waals surface area contributed by atoms with E-state index in [0.717, 1.165) is 0 Å². The third-order valence-corrected chi connectivity index (χ3v) is 3.87. The molecule has 6 nitrogen and oxygen atoms in total. The summed E-state index contributed by atoms with van der Waals surface area (Å²) >= 11 is 0. The first-order chi connectivity index (χ1) is 11.0. The fourth-order valence-corrected chi connectivity index (χ4v) is 3.03. The second-order valence-electron chi connectivity index (χ2n) is 7.97. The molecule has 0 atom stereocenters. The minimum absolute atomic E-state index is 0.148. The third-order valence-electron chi connectivity index (χ3n) is 3.87. The van der Waals surface area contributed by atoms with Gasteiger partial charge in [0.05, 0.1) is 0 Å². The summed E-state index contributed by atoms with van der Waals surface area (Å²) in [6, 6.07) is 0. The maximum absolute atomic E-state index is 11.9. The second kappa shape index (κ2) is 6.34. The van der Waals surface area contributed by atoms with Gasteiger partial charge in [-0.3, -0.25) is 9.59 Å². The lowest BCUT2D eigenvalue weighted by Gasteiger charge is -2.28. The summed E-state index contributed by atoms with van der Waals surface area (Å²) in [5.74, 6) is -2.36. The molecule has 0 aliphatic heterocycles. The Hall–Kier alpha value is -2.24. The number of hydrogen-bond donors (Lipinski definition) is 0. The first kappa shape index (κ1) is 18.1. The summed E-state index contributed by atoms with van der Waals surface area (Å²) in [5.41, 5.74) is -0.651. The Bertz CT molecular complexity index is 605. The van der Waals surface area contributed by atoms with Crippen LogP contribution in [0, 0.1) is 10.8 Å². The molecule has 0 saturated carbocycles. The van der Waals surface area contributed by atoms with Crippen molar-refractivity contribution in [1.29, 1.82) is 0 Å². The first-order valence-corrected chi connectivity index (χ1v) is 7.87. The van der Waals surface area contributed by atoms with Gasteiger partial charge in [0, 0.05) is 37.8 Å². The molecule has 0 amide bonds. The normalized spacial score (nSPS) is 22.3. The van der Waals surface area contributed by atoms with E-state index in [4.69, 9.17) is 9.47 Å². The molecule has 0 spiro atoms. The Kier molecular flexibility index (Phi) is 4.78. The molecule has 6 heteroatoms. The largest absolute Gasteiger partial charge is 0.422 e. The Morgan fingerprint density at radius 1 is 0.750 bits per heavy atom. The van der Waals surface area contributed by atoms with Crippen LogP contribution in [0.2, 0.25) is 0 Å². The van der Waals surface area contributed by atoms with Gasteiger partial charge in [-0.1, -0.05) is 27.7 Å². The van der Waals surface area contributed by atoms with Crippen LogP contribution in [0.3, 0.4) is 0 Å². The van der Waals surface area contributed by atoms with Crippen molar-refractivity contribution in [1.82, 2.24) is 0 Å². The van der Waals surface area contributed by atoms with E-state index in [0.29, 0.717) is 25.7 Å². The van der Waals surface area contributed by atoms with Gasteiger partial charge in [-0.05, 0) is 10.8 Å². The Morgan fingerprint density at radius 2 is 1.08 bits per heavy atom. The molecular formula is C18H22O6. The van der Waals surface area contributed by atoms with Gasteiger partial charge in [-0.15, -0.1) is 0 Å². The minimum atomic E-state index is -1.19. The number of ketones is 2. The fraction of sp³-hybridized carbons (Fsp3) is 0.556. The van der Waals surface area contributed by atoms with Crippen LogP contribution < -0.4 is 0 Å². The van der Waals surface area contributed by atoms with E-state index in [1.165, 1.54) is 12.2 Å². The van der Waals surface area contributed by atoms with Gasteiger partial charge in [-0.2, -0.15) is 0 Å². The highest BCUT2D eigenvalue weighted by Crippen LogP contribution is 2.35. The van der Waals surface area contributed by atoms with Crippen LogP contribution in [0.5, 0.6) is 0 Å². The fourth-order valence-electron chi connectivity index (χ4n) is 3.03. The number of esters is 2. The zero-order valence-electron chi connectivity index (χ0n) is 14.4. The van der Waals surface area contributed by atoms with Crippen LogP contribution >= 0.6 is 0 Å². The highest BCUT2D eigenvalue weighted by atomic mass is 16.6. The summed E-state index contributed by atoms with van der Waals surface area (Å²) in [6.07, 6.45) is 3.97. The lowest BCUT2D eigenvalue weighted by molar-refractivity contribution is -0.163. The molecule has 0 aromatic rings. The molecule has 130 valence electrons. The second-order valence-corrected chi connectivity index (χ2v) is 7.97.